The summed E-state index contributed by atoms with van der Waals surface area (Å²) < 4.78 is 0. The third-order valence-electron chi connectivity index (χ3n) is 0.941. The summed E-state index contributed by atoms with van der Waals surface area (Å²) in [4.78, 5) is 9.91. The van der Waals surface area contributed by atoms with Crippen LogP contribution in [-0.2, 0) is 0 Å². The van der Waals surface area contributed by atoms with E-state index in [0.717, 1.165) is 6.21 Å². The Morgan fingerprint density at radius 2 is 1.79 bits per heavy atom. The van der Waals surface area contributed by atoms with Crippen LogP contribution in [0.4, 0.5) is 0 Å². The fraction of sp³-hybridized carbons (Fsp3) is 0.700. The largest absolute Gasteiger partial charge is 0.369 e. The van der Waals surface area contributed by atoms with Crippen LogP contribution >= 0.6 is 0 Å². The first kappa shape index (κ1) is 15.3. The molecular weight excluding hydrogens is 176 g/mol. The van der Waals surface area contributed by atoms with Crippen molar-refractivity contribution in [3.05, 3.63) is 0 Å². The molecule has 0 aromatic heterocycles. The Hall–Kier alpha value is -1.19. The van der Waals surface area contributed by atoms with Crippen LogP contribution in [0.2, 0.25) is 0 Å². The van der Waals surface area contributed by atoms with Gasteiger partial charge in [0.1, 0.15) is 0 Å². The Kier molecular flexibility index (Phi) is 10.8. The Morgan fingerprint density at radius 3 is 2.07 bits per heavy atom. The van der Waals surface area contributed by atoms with Crippen LogP contribution in [-0.4, -0.2) is 43.4 Å². The molecule has 0 fully saturated rings. The molecule has 0 spiro atoms. The number of nitrogens with one attached hydrogen (secondary N) is 1. The lowest BCUT2D eigenvalue weighted by molar-refractivity contribution is 0.644. The first-order valence-corrected chi connectivity index (χ1v) is 4.85. The Bertz CT molecular complexity index is 192. The number of hydrogen-bond donors (Lipinski definition) is 1. The van der Waals surface area contributed by atoms with Gasteiger partial charge in [0.15, 0.2) is 5.84 Å². The standard InChI is InChI=1S/C8H16N4.C2H6/c1-7(2)11-8(5-9)10-6-12(3)4;1-2/h5-7,9H,1-4H3;1-2H3. The first-order valence-electron chi connectivity index (χ1n) is 4.85. The summed E-state index contributed by atoms with van der Waals surface area (Å²) in [5.74, 6) is 0.457. The van der Waals surface area contributed by atoms with Crippen molar-refractivity contribution in [1.29, 1.82) is 5.41 Å². The highest BCUT2D eigenvalue weighted by Crippen LogP contribution is 1.87. The van der Waals surface area contributed by atoms with Crippen LogP contribution in [0.1, 0.15) is 27.7 Å². The van der Waals surface area contributed by atoms with E-state index in [4.69, 9.17) is 5.41 Å². The van der Waals surface area contributed by atoms with E-state index >= 15 is 0 Å². The third-order valence-corrected chi connectivity index (χ3v) is 0.941. The van der Waals surface area contributed by atoms with Crippen LogP contribution < -0.4 is 0 Å². The number of amidine groups is 1. The lowest BCUT2D eigenvalue weighted by atomic mass is 10.4. The van der Waals surface area contributed by atoms with E-state index in [1.165, 1.54) is 0 Å². The quantitative estimate of drug-likeness (QED) is 0.547. The molecule has 0 aliphatic rings. The summed E-state index contributed by atoms with van der Waals surface area (Å²) in [5, 5.41) is 7.01. The summed E-state index contributed by atoms with van der Waals surface area (Å²) in [7, 11) is 3.75. The highest BCUT2D eigenvalue weighted by molar-refractivity contribution is 6.30. The molecule has 0 aromatic carbocycles. The number of hydrogen-bond acceptors (Lipinski definition) is 2. The van der Waals surface area contributed by atoms with Gasteiger partial charge >= 0.3 is 0 Å². The van der Waals surface area contributed by atoms with Gasteiger partial charge in [0, 0.05) is 20.1 Å². The van der Waals surface area contributed by atoms with Gasteiger partial charge in [-0.25, -0.2) is 4.99 Å². The molecule has 0 aliphatic carbocycles. The zero-order valence-electron chi connectivity index (χ0n) is 10.1. The van der Waals surface area contributed by atoms with Crippen LogP contribution in [0.5, 0.6) is 0 Å². The zero-order valence-corrected chi connectivity index (χ0v) is 10.1. The zero-order chi connectivity index (χ0) is 11.6. The van der Waals surface area contributed by atoms with Gasteiger partial charge < -0.3 is 10.3 Å². The topological polar surface area (TPSA) is 51.8 Å². The summed E-state index contributed by atoms with van der Waals surface area (Å²) in [6.07, 6.45) is 2.78. The second-order valence-electron chi connectivity index (χ2n) is 2.93. The SMILES string of the molecule is CC.CC(C)N=C(C=N)N=CN(C)C. The van der Waals surface area contributed by atoms with E-state index in [9.17, 15) is 0 Å². The van der Waals surface area contributed by atoms with E-state index in [1.54, 1.807) is 11.2 Å². The molecule has 0 saturated carbocycles. The van der Waals surface area contributed by atoms with E-state index in [-0.39, 0.29) is 6.04 Å². The Balaban J connectivity index is 0. The Labute approximate surface area is 87.3 Å². The molecule has 0 bridgehead atoms. The molecule has 0 unspecified atom stereocenters. The molecule has 4 nitrogen and oxygen atoms in total. The lowest BCUT2D eigenvalue weighted by Crippen LogP contribution is -2.10. The third kappa shape index (κ3) is 10.8. The maximum Gasteiger partial charge on any atom is 0.166 e. The summed E-state index contributed by atoms with van der Waals surface area (Å²) >= 11 is 0. The fourth-order valence-electron chi connectivity index (χ4n) is 0.547. The van der Waals surface area contributed by atoms with Crippen LogP contribution in [0.3, 0.4) is 0 Å². The first-order chi connectivity index (χ1) is 6.56. The number of aliphatic imine (C=N–C) groups is 2. The van der Waals surface area contributed by atoms with Gasteiger partial charge in [-0.1, -0.05) is 13.8 Å². The summed E-state index contributed by atoms with van der Waals surface area (Å²) in [6.45, 7) is 7.91. The van der Waals surface area contributed by atoms with E-state index < -0.39 is 0 Å². The predicted octanol–water partition coefficient (Wildman–Crippen LogP) is 2.06. The fourth-order valence-corrected chi connectivity index (χ4v) is 0.547. The van der Waals surface area contributed by atoms with Crippen molar-refractivity contribution < 1.29 is 0 Å². The molecule has 4 heteroatoms. The molecule has 0 saturated heterocycles. The van der Waals surface area contributed by atoms with Crippen molar-refractivity contribution in [3.63, 3.8) is 0 Å². The predicted molar refractivity (Wildman–Crippen MR) is 64.9 cm³/mol. The van der Waals surface area contributed by atoms with Gasteiger partial charge in [-0.15, -0.1) is 0 Å². The molecule has 0 aromatic rings. The highest BCUT2D eigenvalue weighted by atomic mass is 15.1. The van der Waals surface area contributed by atoms with Gasteiger partial charge in [0.2, 0.25) is 0 Å². The molecular formula is C10H22N4. The average Bonchev–Trinajstić information content (AvgIpc) is 2.14. The smallest absolute Gasteiger partial charge is 0.166 e. The van der Waals surface area contributed by atoms with Crippen LogP contribution in [0.15, 0.2) is 9.98 Å². The van der Waals surface area contributed by atoms with Gasteiger partial charge in [-0.05, 0) is 13.8 Å². The van der Waals surface area contributed by atoms with Crippen LogP contribution in [0, 0.1) is 5.41 Å². The van der Waals surface area contributed by atoms with Gasteiger partial charge in [-0.3, -0.25) is 4.99 Å². The summed E-state index contributed by atoms with van der Waals surface area (Å²) in [6, 6.07) is 0.181. The van der Waals surface area contributed by atoms with Gasteiger partial charge in [0.05, 0.1) is 12.6 Å². The van der Waals surface area contributed by atoms with Gasteiger partial charge in [0.25, 0.3) is 0 Å². The molecule has 0 rings (SSSR count). The number of nitrogens with zero attached hydrogens (tertiary/aromatic N) is 3. The van der Waals surface area contributed by atoms with E-state index in [2.05, 4.69) is 9.98 Å². The minimum Gasteiger partial charge on any atom is -0.369 e. The maximum absolute atomic E-state index is 7.01. The highest BCUT2D eigenvalue weighted by Gasteiger charge is 1.92. The molecule has 0 radical (unpaired) electrons. The lowest BCUT2D eigenvalue weighted by Gasteiger charge is -2.02. The van der Waals surface area contributed by atoms with Crippen molar-refractivity contribution in [1.82, 2.24) is 4.90 Å². The maximum atomic E-state index is 7.01. The molecule has 0 amide bonds. The van der Waals surface area contributed by atoms with Crippen molar-refractivity contribution >= 4 is 18.4 Å². The number of rotatable bonds is 3. The van der Waals surface area contributed by atoms with Gasteiger partial charge in [-0.2, -0.15) is 0 Å². The van der Waals surface area contributed by atoms with Crippen molar-refractivity contribution in [2.24, 2.45) is 9.98 Å². The van der Waals surface area contributed by atoms with Crippen molar-refractivity contribution in [3.8, 4) is 0 Å². The Morgan fingerprint density at radius 1 is 1.29 bits per heavy atom. The molecule has 14 heavy (non-hydrogen) atoms. The molecule has 1 N–H and O–H groups in total. The second kappa shape index (κ2) is 9.89. The molecule has 0 aliphatic heterocycles. The van der Waals surface area contributed by atoms with E-state index in [0.29, 0.717) is 5.84 Å². The van der Waals surface area contributed by atoms with Crippen molar-refractivity contribution in [2.45, 2.75) is 33.7 Å². The second-order valence-corrected chi connectivity index (χ2v) is 2.93. The minimum atomic E-state index is 0.181. The monoisotopic (exact) mass is 198 g/mol. The van der Waals surface area contributed by atoms with E-state index in [1.807, 2.05) is 41.8 Å². The van der Waals surface area contributed by atoms with Crippen LogP contribution in [0.25, 0.3) is 0 Å². The average molecular weight is 198 g/mol. The minimum absolute atomic E-state index is 0.181. The molecule has 0 heterocycles. The normalized spacial score (nSPS) is 11.2. The summed E-state index contributed by atoms with van der Waals surface area (Å²) in [5.41, 5.74) is 0. The van der Waals surface area contributed by atoms with Crippen molar-refractivity contribution in [2.75, 3.05) is 14.1 Å². The molecule has 0 atom stereocenters. The molecule has 82 valence electrons.